The number of rotatable bonds is 7. The van der Waals surface area contributed by atoms with Crippen molar-refractivity contribution in [2.75, 3.05) is 19.0 Å². The Bertz CT molecular complexity index is 626. The summed E-state index contributed by atoms with van der Waals surface area (Å²) in [5.41, 5.74) is 3.28. The molecule has 0 aliphatic heterocycles. The summed E-state index contributed by atoms with van der Waals surface area (Å²) in [5.74, 6) is 0.830. The summed E-state index contributed by atoms with van der Waals surface area (Å²) in [7, 11) is 1.63. The van der Waals surface area contributed by atoms with E-state index >= 15 is 0 Å². The first-order valence-electron chi connectivity index (χ1n) is 7.38. The molecule has 0 heterocycles. The molecule has 0 bridgehead atoms. The number of methoxy groups -OCH3 is 1. The van der Waals surface area contributed by atoms with Gasteiger partial charge >= 0.3 is 0 Å². The number of amides is 1. The minimum absolute atomic E-state index is 0.0314. The summed E-state index contributed by atoms with van der Waals surface area (Å²) in [5, 5.41) is 6.20. The molecule has 2 rings (SSSR count). The van der Waals surface area contributed by atoms with Gasteiger partial charge in [-0.15, -0.1) is 0 Å². The van der Waals surface area contributed by atoms with Crippen LogP contribution in [0.1, 0.15) is 17.5 Å². The highest BCUT2D eigenvalue weighted by atomic mass is 16.5. The normalized spacial score (nSPS) is 10.1. The summed E-state index contributed by atoms with van der Waals surface area (Å²) in [6, 6.07) is 15.7. The van der Waals surface area contributed by atoms with Gasteiger partial charge in [0.2, 0.25) is 5.91 Å². The Labute approximate surface area is 131 Å². The maximum Gasteiger partial charge on any atom is 0.222 e. The van der Waals surface area contributed by atoms with E-state index < -0.39 is 0 Å². The number of hydrogen-bond acceptors (Lipinski definition) is 3. The lowest BCUT2D eigenvalue weighted by atomic mass is 10.2. The molecule has 1 amide bonds. The predicted molar refractivity (Wildman–Crippen MR) is 89.1 cm³/mol. The lowest BCUT2D eigenvalue weighted by molar-refractivity contribution is -0.121. The molecule has 0 saturated carbocycles. The van der Waals surface area contributed by atoms with Crippen LogP contribution >= 0.6 is 0 Å². The minimum atomic E-state index is 0.0314. The van der Waals surface area contributed by atoms with Crippen molar-refractivity contribution in [3.63, 3.8) is 0 Å². The molecule has 2 aromatic carbocycles. The van der Waals surface area contributed by atoms with Crippen molar-refractivity contribution in [1.29, 1.82) is 0 Å². The summed E-state index contributed by atoms with van der Waals surface area (Å²) < 4.78 is 5.16. The Morgan fingerprint density at radius 2 is 1.95 bits per heavy atom. The third kappa shape index (κ3) is 4.81. The molecule has 22 heavy (non-hydrogen) atoms. The highest BCUT2D eigenvalue weighted by Gasteiger charge is 2.03. The zero-order valence-electron chi connectivity index (χ0n) is 13.1. The molecule has 0 saturated heterocycles. The number of hydrogen-bond donors (Lipinski definition) is 2. The average molecular weight is 298 g/mol. The first kappa shape index (κ1) is 15.9. The molecule has 0 unspecified atom stereocenters. The van der Waals surface area contributed by atoms with E-state index in [9.17, 15) is 4.79 Å². The van der Waals surface area contributed by atoms with Crippen LogP contribution in [0.5, 0.6) is 5.75 Å². The van der Waals surface area contributed by atoms with Gasteiger partial charge in [-0.05, 0) is 36.2 Å². The van der Waals surface area contributed by atoms with Crippen molar-refractivity contribution in [2.24, 2.45) is 0 Å². The SMILES string of the molecule is COc1cccc(CNC(=O)CCNc2ccccc2C)c1. The third-order valence-corrected chi connectivity index (χ3v) is 3.44. The minimum Gasteiger partial charge on any atom is -0.497 e. The van der Waals surface area contributed by atoms with Gasteiger partial charge in [0.05, 0.1) is 7.11 Å². The summed E-state index contributed by atoms with van der Waals surface area (Å²) in [4.78, 5) is 11.9. The second-order valence-electron chi connectivity index (χ2n) is 5.12. The maximum absolute atomic E-state index is 11.9. The molecule has 0 aliphatic rings. The third-order valence-electron chi connectivity index (χ3n) is 3.44. The number of nitrogens with one attached hydrogen (secondary N) is 2. The Kier molecular flexibility index (Phi) is 5.83. The molecule has 2 aromatic rings. The zero-order valence-corrected chi connectivity index (χ0v) is 13.1. The highest BCUT2D eigenvalue weighted by molar-refractivity contribution is 5.76. The van der Waals surface area contributed by atoms with Gasteiger partial charge < -0.3 is 15.4 Å². The smallest absolute Gasteiger partial charge is 0.222 e. The second kappa shape index (κ2) is 8.08. The van der Waals surface area contributed by atoms with E-state index in [1.54, 1.807) is 7.11 Å². The standard InChI is InChI=1S/C18H22N2O2/c1-14-6-3-4-9-17(14)19-11-10-18(21)20-13-15-7-5-8-16(12-15)22-2/h3-9,12,19H,10-11,13H2,1-2H3,(H,20,21). The molecule has 0 radical (unpaired) electrons. The largest absolute Gasteiger partial charge is 0.497 e. The van der Waals surface area contributed by atoms with Gasteiger partial charge in [-0.1, -0.05) is 30.3 Å². The predicted octanol–water partition coefficient (Wildman–Crippen LogP) is 3.12. The summed E-state index contributed by atoms with van der Waals surface area (Å²) in [6.07, 6.45) is 0.443. The first-order chi connectivity index (χ1) is 10.7. The van der Waals surface area contributed by atoms with Gasteiger partial charge in [0.25, 0.3) is 0 Å². The van der Waals surface area contributed by atoms with E-state index in [-0.39, 0.29) is 5.91 Å². The van der Waals surface area contributed by atoms with Crippen LogP contribution < -0.4 is 15.4 Å². The number of carbonyl (C=O) groups excluding carboxylic acids is 1. The van der Waals surface area contributed by atoms with Crippen LogP contribution in [0, 0.1) is 6.92 Å². The van der Waals surface area contributed by atoms with Gasteiger partial charge in [-0.2, -0.15) is 0 Å². The Balaban J connectivity index is 1.73. The van der Waals surface area contributed by atoms with Crippen molar-refractivity contribution < 1.29 is 9.53 Å². The van der Waals surface area contributed by atoms with E-state index in [0.29, 0.717) is 19.5 Å². The van der Waals surface area contributed by atoms with Crippen LogP contribution in [0.3, 0.4) is 0 Å². The van der Waals surface area contributed by atoms with Gasteiger partial charge in [0.1, 0.15) is 5.75 Å². The van der Waals surface area contributed by atoms with Crippen molar-refractivity contribution in [1.82, 2.24) is 5.32 Å². The Morgan fingerprint density at radius 1 is 1.14 bits per heavy atom. The van der Waals surface area contributed by atoms with Crippen LogP contribution in [0.2, 0.25) is 0 Å². The molecule has 0 aliphatic carbocycles. The molecular weight excluding hydrogens is 276 g/mol. The van der Waals surface area contributed by atoms with Crippen LogP contribution in [0.15, 0.2) is 48.5 Å². The summed E-state index contributed by atoms with van der Waals surface area (Å²) in [6.45, 7) is 3.18. The summed E-state index contributed by atoms with van der Waals surface area (Å²) >= 11 is 0. The molecule has 116 valence electrons. The van der Waals surface area contributed by atoms with Crippen LogP contribution in [0.25, 0.3) is 0 Å². The number of benzene rings is 2. The fourth-order valence-corrected chi connectivity index (χ4v) is 2.15. The average Bonchev–Trinajstić information content (AvgIpc) is 2.55. The van der Waals surface area contributed by atoms with E-state index in [2.05, 4.69) is 10.6 Å². The van der Waals surface area contributed by atoms with E-state index in [1.165, 1.54) is 5.56 Å². The molecule has 0 atom stereocenters. The second-order valence-corrected chi connectivity index (χ2v) is 5.12. The molecule has 2 N–H and O–H groups in total. The lowest BCUT2D eigenvalue weighted by Gasteiger charge is -2.10. The van der Waals surface area contributed by atoms with Crippen LogP contribution in [0.4, 0.5) is 5.69 Å². The first-order valence-corrected chi connectivity index (χ1v) is 7.38. The molecule has 0 aromatic heterocycles. The quantitative estimate of drug-likeness (QED) is 0.825. The lowest BCUT2D eigenvalue weighted by Crippen LogP contribution is -2.24. The zero-order chi connectivity index (χ0) is 15.8. The van der Waals surface area contributed by atoms with Crippen LogP contribution in [-0.4, -0.2) is 19.6 Å². The van der Waals surface area contributed by atoms with Crippen molar-refractivity contribution in [2.45, 2.75) is 19.9 Å². The van der Waals surface area contributed by atoms with Crippen molar-refractivity contribution in [3.8, 4) is 5.75 Å². The number of aryl methyl sites for hydroxylation is 1. The molecular formula is C18H22N2O2. The Morgan fingerprint density at radius 3 is 2.73 bits per heavy atom. The monoisotopic (exact) mass is 298 g/mol. The molecule has 4 heteroatoms. The Hall–Kier alpha value is -2.49. The molecule has 0 fully saturated rings. The van der Waals surface area contributed by atoms with Gasteiger partial charge in [0, 0.05) is 25.2 Å². The van der Waals surface area contributed by atoms with Gasteiger partial charge in [-0.3, -0.25) is 4.79 Å². The maximum atomic E-state index is 11.9. The van der Waals surface area contributed by atoms with Gasteiger partial charge in [0.15, 0.2) is 0 Å². The van der Waals surface area contributed by atoms with E-state index in [0.717, 1.165) is 17.0 Å². The topological polar surface area (TPSA) is 50.4 Å². The number of ether oxygens (including phenoxy) is 1. The van der Waals surface area contributed by atoms with Crippen molar-refractivity contribution >= 4 is 11.6 Å². The van der Waals surface area contributed by atoms with E-state index in [1.807, 2.05) is 55.5 Å². The van der Waals surface area contributed by atoms with Gasteiger partial charge in [-0.25, -0.2) is 0 Å². The fourth-order valence-electron chi connectivity index (χ4n) is 2.15. The molecule has 0 spiro atoms. The molecule has 4 nitrogen and oxygen atoms in total. The fraction of sp³-hybridized carbons (Fsp3) is 0.278. The highest BCUT2D eigenvalue weighted by Crippen LogP contribution is 2.13. The van der Waals surface area contributed by atoms with Crippen LogP contribution in [-0.2, 0) is 11.3 Å². The number of para-hydroxylation sites is 1. The number of anilines is 1. The van der Waals surface area contributed by atoms with Crippen molar-refractivity contribution in [3.05, 3.63) is 59.7 Å². The number of carbonyl (C=O) groups is 1. The van der Waals surface area contributed by atoms with E-state index in [4.69, 9.17) is 4.74 Å².